The lowest BCUT2D eigenvalue weighted by atomic mass is 9.94. The van der Waals surface area contributed by atoms with Crippen LogP contribution in [0.1, 0.15) is 53.9 Å². The van der Waals surface area contributed by atoms with Gasteiger partial charge < -0.3 is 9.30 Å². The van der Waals surface area contributed by atoms with Crippen LogP contribution in [0.3, 0.4) is 0 Å². The van der Waals surface area contributed by atoms with Crippen LogP contribution in [0.4, 0.5) is 16.3 Å². The summed E-state index contributed by atoms with van der Waals surface area (Å²) in [5, 5.41) is 13.7. The van der Waals surface area contributed by atoms with Crippen LogP contribution in [0.2, 0.25) is 10.0 Å². The number of hydrogen-bond donors (Lipinski definition) is 1. The summed E-state index contributed by atoms with van der Waals surface area (Å²) in [6.07, 6.45) is 0. The summed E-state index contributed by atoms with van der Waals surface area (Å²) in [6, 6.07) is 17.7. The lowest BCUT2D eigenvalue weighted by Crippen LogP contribution is -2.44. The summed E-state index contributed by atoms with van der Waals surface area (Å²) in [6.45, 7) is 8.04. The topological polar surface area (TPSA) is 83.2 Å². The van der Waals surface area contributed by atoms with Crippen LogP contribution < -0.4 is 15.0 Å². The Morgan fingerprint density at radius 3 is 2.41 bits per heavy atom. The van der Waals surface area contributed by atoms with E-state index in [1.807, 2.05) is 38.1 Å². The second-order valence-corrected chi connectivity index (χ2v) is 10.7. The number of carbonyl (C=O) groups excluding carboxylic acids is 1. The molecule has 3 aromatic carbocycles. The van der Waals surface area contributed by atoms with E-state index >= 15 is 0 Å². The van der Waals surface area contributed by atoms with Gasteiger partial charge in [0.1, 0.15) is 17.6 Å². The van der Waals surface area contributed by atoms with Gasteiger partial charge in [0.05, 0.1) is 35.7 Å². The van der Waals surface area contributed by atoms with Crippen LogP contribution in [-0.2, 0) is 0 Å². The highest BCUT2D eigenvalue weighted by Gasteiger charge is 2.41. The molecule has 0 radical (unpaired) electrons. The van der Waals surface area contributed by atoms with E-state index in [2.05, 4.69) is 29.8 Å². The van der Waals surface area contributed by atoms with E-state index in [1.54, 1.807) is 42.3 Å². The Balaban J connectivity index is 1.86. The van der Waals surface area contributed by atoms with E-state index in [-0.39, 0.29) is 12.1 Å². The number of aryl methyl sites for hydroxylation is 2. The molecule has 0 aliphatic carbocycles. The van der Waals surface area contributed by atoms with Gasteiger partial charge >= 0.3 is 6.03 Å². The molecule has 0 saturated carbocycles. The molecule has 0 spiro atoms. The summed E-state index contributed by atoms with van der Waals surface area (Å²) in [7, 11) is 1.58. The van der Waals surface area contributed by atoms with Gasteiger partial charge in [-0.25, -0.2) is 9.78 Å². The van der Waals surface area contributed by atoms with E-state index < -0.39 is 6.04 Å². The van der Waals surface area contributed by atoms with Crippen molar-refractivity contribution in [3.8, 4) is 23.2 Å². The van der Waals surface area contributed by atoms with Gasteiger partial charge in [0, 0.05) is 16.1 Å². The fourth-order valence-electron chi connectivity index (χ4n) is 5.19. The standard InChI is InChI=1S/C30H27Cl2N5O2/c1-16(2)36-27-26(22-10-9-20(31)12-18(22)4)37(24-14-21(32)8-6-17(24)3)30(38)35-28(27)34-29(36)23-13-19(15-33)7-11-25(23)39-5/h6-14,16,26H,1-5H3,(H,35,38). The largest absolute Gasteiger partial charge is 0.496 e. The second-order valence-electron chi connectivity index (χ2n) is 9.79. The molecule has 1 N–H and O–H groups in total. The first-order valence-corrected chi connectivity index (χ1v) is 13.2. The van der Waals surface area contributed by atoms with Gasteiger partial charge in [-0.15, -0.1) is 0 Å². The van der Waals surface area contributed by atoms with Crippen molar-refractivity contribution in [1.29, 1.82) is 5.26 Å². The average molecular weight is 560 g/mol. The van der Waals surface area contributed by atoms with Gasteiger partial charge in [-0.2, -0.15) is 5.26 Å². The van der Waals surface area contributed by atoms with E-state index in [1.165, 1.54) is 0 Å². The third-order valence-electron chi connectivity index (χ3n) is 6.95. The second kappa shape index (κ2) is 10.3. The van der Waals surface area contributed by atoms with E-state index in [9.17, 15) is 10.1 Å². The third-order valence-corrected chi connectivity index (χ3v) is 7.42. The first kappa shape index (κ1) is 26.6. The number of carbonyl (C=O) groups is 1. The molecule has 2 amide bonds. The highest BCUT2D eigenvalue weighted by molar-refractivity contribution is 6.31. The highest BCUT2D eigenvalue weighted by atomic mass is 35.5. The Bertz CT molecular complexity index is 1650. The van der Waals surface area contributed by atoms with Crippen LogP contribution in [0, 0.1) is 25.2 Å². The van der Waals surface area contributed by atoms with Gasteiger partial charge in [-0.3, -0.25) is 10.2 Å². The number of methoxy groups -OCH3 is 1. The number of aromatic nitrogens is 2. The molecule has 9 heteroatoms. The number of urea groups is 1. The molecule has 1 unspecified atom stereocenters. The van der Waals surface area contributed by atoms with E-state index in [0.717, 1.165) is 22.4 Å². The molecule has 1 aliphatic rings. The highest BCUT2D eigenvalue weighted by Crippen LogP contribution is 2.46. The number of halogens is 2. The van der Waals surface area contributed by atoms with Gasteiger partial charge in [-0.05, 0) is 86.8 Å². The van der Waals surface area contributed by atoms with Gasteiger partial charge in [0.25, 0.3) is 0 Å². The van der Waals surface area contributed by atoms with Crippen LogP contribution >= 0.6 is 23.2 Å². The number of anilines is 2. The summed E-state index contributed by atoms with van der Waals surface area (Å²) in [4.78, 5) is 20.5. The molecule has 5 rings (SSSR count). The summed E-state index contributed by atoms with van der Waals surface area (Å²) < 4.78 is 7.76. The van der Waals surface area contributed by atoms with Crippen molar-refractivity contribution in [2.75, 3.05) is 17.3 Å². The van der Waals surface area contributed by atoms with E-state index in [4.69, 9.17) is 32.9 Å². The van der Waals surface area contributed by atoms with Crippen molar-refractivity contribution in [3.05, 3.63) is 92.6 Å². The zero-order chi connectivity index (χ0) is 28.0. The van der Waals surface area contributed by atoms with Gasteiger partial charge in [0.2, 0.25) is 0 Å². The van der Waals surface area contributed by atoms with Crippen molar-refractivity contribution in [2.24, 2.45) is 0 Å². The van der Waals surface area contributed by atoms with Crippen molar-refractivity contribution in [1.82, 2.24) is 9.55 Å². The molecule has 198 valence electrons. The fourth-order valence-corrected chi connectivity index (χ4v) is 5.58. The Labute approximate surface area is 237 Å². The SMILES string of the molecule is COc1ccc(C#N)cc1-c1nc2c(n1C(C)C)C(c1ccc(Cl)cc1C)N(c1cc(Cl)ccc1C)C(=O)N2. The maximum Gasteiger partial charge on any atom is 0.328 e. The Hall–Kier alpha value is -3.99. The molecule has 2 heterocycles. The Morgan fingerprint density at radius 2 is 1.74 bits per heavy atom. The molecule has 1 aliphatic heterocycles. The zero-order valence-corrected chi connectivity index (χ0v) is 23.7. The number of nitriles is 1. The molecule has 7 nitrogen and oxygen atoms in total. The van der Waals surface area contributed by atoms with Crippen molar-refractivity contribution in [2.45, 2.75) is 39.8 Å². The zero-order valence-electron chi connectivity index (χ0n) is 22.2. The molecular weight excluding hydrogens is 533 g/mol. The van der Waals surface area contributed by atoms with Crippen LogP contribution in [0.15, 0.2) is 54.6 Å². The van der Waals surface area contributed by atoms with Crippen LogP contribution in [0.5, 0.6) is 5.75 Å². The minimum Gasteiger partial charge on any atom is -0.496 e. The summed E-state index contributed by atoms with van der Waals surface area (Å²) in [5.41, 5.74) is 5.36. The van der Waals surface area contributed by atoms with Crippen molar-refractivity contribution < 1.29 is 9.53 Å². The number of amides is 2. The molecule has 1 aromatic heterocycles. The molecule has 0 fully saturated rings. The predicted molar refractivity (Wildman–Crippen MR) is 155 cm³/mol. The van der Waals surface area contributed by atoms with Crippen molar-refractivity contribution >= 4 is 40.7 Å². The average Bonchev–Trinajstić information content (AvgIpc) is 3.28. The van der Waals surface area contributed by atoms with Crippen LogP contribution in [-0.4, -0.2) is 22.7 Å². The normalized spacial score (nSPS) is 14.7. The van der Waals surface area contributed by atoms with Gasteiger partial charge in [0.15, 0.2) is 5.82 Å². The number of fused-ring (bicyclic) bond motifs is 1. The molecule has 1 atom stereocenters. The number of benzene rings is 3. The minimum atomic E-state index is -0.544. The summed E-state index contributed by atoms with van der Waals surface area (Å²) >= 11 is 12.8. The molecule has 39 heavy (non-hydrogen) atoms. The lowest BCUT2D eigenvalue weighted by molar-refractivity contribution is 0.254. The monoisotopic (exact) mass is 559 g/mol. The molecule has 4 aromatic rings. The maximum absolute atomic E-state index is 13.9. The molecular formula is C30H27Cl2N5O2. The quantitative estimate of drug-likeness (QED) is 0.268. The number of nitrogens with zero attached hydrogens (tertiary/aromatic N) is 4. The minimum absolute atomic E-state index is 0.0564. The van der Waals surface area contributed by atoms with Crippen LogP contribution in [0.25, 0.3) is 11.4 Å². The van der Waals surface area contributed by atoms with E-state index in [0.29, 0.717) is 44.3 Å². The first-order valence-electron chi connectivity index (χ1n) is 12.5. The third kappa shape index (κ3) is 4.60. The summed E-state index contributed by atoms with van der Waals surface area (Å²) in [5.74, 6) is 1.61. The Kier molecular flexibility index (Phi) is 7.02. The Morgan fingerprint density at radius 1 is 1.03 bits per heavy atom. The smallest absolute Gasteiger partial charge is 0.328 e. The number of hydrogen-bond acceptors (Lipinski definition) is 4. The number of ether oxygens (including phenoxy) is 1. The van der Waals surface area contributed by atoms with Crippen molar-refractivity contribution in [3.63, 3.8) is 0 Å². The number of imidazole rings is 1. The predicted octanol–water partition coefficient (Wildman–Crippen LogP) is 8.08. The number of rotatable bonds is 5. The molecule has 0 bridgehead atoms. The fraction of sp³-hybridized carbons (Fsp3) is 0.233. The number of nitrogens with one attached hydrogen (secondary N) is 1. The first-order chi connectivity index (χ1) is 18.6. The lowest BCUT2D eigenvalue weighted by Gasteiger charge is -2.38. The maximum atomic E-state index is 13.9. The molecule has 0 saturated heterocycles. The van der Waals surface area contributed by atoms with Gasteiger partial charge in [-0.1, -0.05) is 35.3 Å².